The maximum atomic E-state index is 13.3. The molecule has 0 amide bonds. The zero-order valence-electron chi connectivity index (χ0n) is 12.4. The number of aryl methyl sites for hydroxylation is 2. The van der Waals surface area contributed by atoms with Crippen molar-refractivity contribution in [1.82, 2.24) is 15.1 Å². The first kappa shape index (κ1) is 14.7. The van der Waals surface area contributed by atoms with Crippen molar-refractivity contribution >= 4 is 0 Å². The molecule has 1 N–H and O–H groups in total. The summed E-state index contributed by atoms with van der Waals surface area (Å²) in [5, 5.41) is 7.93. The van der Waals surface area contributed by atoms with Gasteiger partial charge in [-0.2, -0.15) is 5.10 Å². The van der Waals surface area contributed by atoms with Gasteiger partial charge in [0.15, 0.2) is 0 Å². The number of nitrogens with one attached hydrogen (secondary N) is 1. The second-order valence-electron chi connectivity index (χ2n) is 5.17. The van der Waals surface area contributed by atoms with Crippen molar-refractivity contribution in [1.29, 1.82) is 0 Å². The molecule has 1 aromatic heterocycles. The Morgan fingerprint density at radius 2 is 2.15 bits per heavy atom. The van der Waals surface area contributed by atoms with Gasteiger partial charge in [-0.05, 0) is 50.1 Å². The van der Waals surface area contributed by atoms with E-state index in [0.29, 0.717) is 0 Å². The maximum Gasteiger partial charge on any atom is 0.123 e. The second-order valence-corrected chi connectivity index (χ2v) is 5.17. The van der Waals surface area contributed by atoms with Gasteiger partial charge in [0.25, 0.3) is 0 Å². The van der Waals surface area contributed by atoms with Crippen molar-refractivity contribution in [3.8, 4) is 0 Å². The van der Waals surface area contributed by atoms with Crippen LogP contribution in [0.1, 0.15) is 36.3 Å². The van der Waals surface area contributed by atoms with E-state index in [-0.39, 0.29) is 11.9 Å². The number of hydrogen-bond donors (Lipinski definition) is 1. The molecule has 1 heterocycles. The number of aromatic nitrogens is 2. The standard InChI is InChI=1S/C16H22FN3/c1-4-8-18-15(16-9-12(2)19-20(16)3)11-13-6-5-7-14(17)10-13/h5-7,9-10,15,18H,4,8,11H2,1-3H3. The number of benzene rings is 1. The smallest absolute Gasteiger partial charge is 0.123 e. The molecule has 1 aromatic carbocycles. The lowest BCUT2D eigenvalue weighted by atomic mass is 10.0. The van der Waals surface area contributed by atoms with Gasteiger partial charge in [0, 0.05) is 7.05 Å². The van der Waals surface area contributed by atoms with Crippen LogP contribution in [0.4, 0.5) is 4.39 Å². The van der Waals surface area contributed by atoms with E-state index in [1.807, 2.05) is 24.7 Å². The average molecular weight is 275 g/mol. The van der Waals surface area contributed by atoms with E-state index >= 15 is 0 Å². The summed E-state index contributed by atoms with van der Waals surface area (Å²) in [7, 11) is 1.95. The molecule has 0 spiro atoms. The van der Waals surface area contributed by atoms with Crippen molar-refractivity contribution in [2.45, 2.75) is 32.7 Å². The van der Waals surface area contributed by atoms with Crippen molar-refractivity contribution in [3.63, 3.8) is 0 Å². The van der Waals surface area contributed by atoms with Crippen LogP contribution in [-0.4, -0.2) is 16.3 Å². The van der Waals surface area contributed by atoms with Crippen LogP contribution < -0.4 is 5.32 Å². The Balaban J connectivity index is 2.21. The zero-order chi connectivity index (χ0) is 14.5. The molecular formula is C16H22FN3. The van der Waals surface area contributed by atoms with Gasteiger partial charge in [-0.25, -0.2) is 4.39 Å². The van der Waals surface area contributed by atoms with E-state index < -0.39 is 0 Å². The molecule has 2 rings (SSSR count). The summed E-state index contributed by atoms with van der Waals surface area (Å²) in [5.41, 5.74) is 3.14. The third-order valence-electron chi connectivity index (χ3n) is 3.36. The predicted molar refractivity (Wildman–Crippen MR) is 79.1 cm³/mol. The van der Waals surface area contributed by atoms with Crippen molar-refractivity contribution in [2.24, 2.45) is 7.05 Å². The van der Waals surface area contributed by atoms with Crippen molar-refractivity contribution < 1.29 is 4.39 Å². The summed E-state index contributed by atoms with van der Waals surface area (Å²) >= 11 is 0. The first-order valence-corrected chi connectivity index (χ1v) is 7.08. The highest BCUT2D eigenvalue weighted by molar-refractivity contribution is 5.21. The van der Waals surface area contributed by atoms with Crippen LogP contribution in [0, 0.1) is 12.7 Å². The molecule has 1 atom stereocenters. The fourth-order valence-corrected chi connectivity index (χ4v) is 2.46. The molecule has 3 nitrogen and oxygen atoms in total. The van der Waals surface area contributed by atoms with Crippen LogP contribution in [0.5, 0.6) is 0 Å². The molecule has 4 heteroatoms. The Hall–Kier alpha value is -1.68. The van der Waals surface area contributed by atoms with E-state index in [4.69, 9.17) is 0 Å². The normalized spacial score (nSPS) is 12.6. The van der Waals surface area contributed by atoms with Crippen LogP contribution in [0.15, 0.2) is 30.3 Å². The monoisotopic (exact) mass is 275 g/mol. The summed E-state index contributed by atoms with van der Waals surface area (Å²) in [6, 6.07) is 9.05. The summed E-state index contributed by atoms with van der Waals surface area (Å²) in [6.07, 6.45) is 1.83. The van der Waals surface area contributed by atoms with Crippen LogP contribution in [0.2, 0.25) is 0 Å². The minimum absolute atomic E-state index is 0.156. The van der Waals surface area contributed by atoms with Gasteiger partial charge in [0.1, 0.15) is 5.82 Å². The molecule has 108 valence electrons. The molecule has 0 saturated carbocycles. The van der Waals surface area contributed by atoms with Gasteiger partial charge < -0.3 is 5.32 Å². The van der Waals surface area contributed by atoms with Gasteiger partial charge in [0.05, 0.1) is 17.4 Å². The van der Waals surface area contributed by atoms with Crippen molar-refractivity contribution in [3.05, 3.63) is 53.1 Å². The maximum absolute atomic E-state index is 13.3. The Kier molecular flexibility index (Phi) is 4.90. The predicted octanol–water partition coefficient (Wildman–Crippen LogP) is 3.15. The molecular weight excluding hydrogens is 253 g/mol. The topological polar surface area (TPSA) is 29.9 Å². The van der Waals surface area contributed by atoms with Crippen molar-refractivity contribution in [2.75, 3.05) is 6.54 Å². The zero-order valence-corrected chi connectivity index (χ0v) is 12.4. The first-order valence-electron chi connectivity index (χ1n) is 7.08. The lowest BCUT2D eigenvalue weighted by Gasteiger charge is -2.19. The van der Waals surface area contributed by atoms with Crippen LogP contribution >= 0.6 is 0 Å². The molecule has 2 aromatic rings. The number of rotatable bonds is 6. The SMILES string of the molecule is CCCNC(Cc1cccc(F)c1)c1cc(C)nn1C. The van der Waals surface area contributed by atoms with E-state index in [2.05, 4.69) is 23.4 Å². The first-order chi connectivity index (χ1) is 9.60. The fraction of sp³-hybridized carbons (Fsp3) is 0.438. The molecule has 0 fully saturated rings. The molecule has 0 aliphatic rings. The van der Waals surface area contributed by atoms with E-state index in [1.165, 1.54) is 6.07 Å². The summed E-state index contributed by atoms with van der Waals surface area (Å²) in [6.45, 7) is 5.06. The third kappa shape index (κ3) is 3.67. The summed E-state index contributed by atoms with van der Waals surface area (Å²) in [4.78, 5) is 0. The van der Waals surface area contributed by atoms with Crippen LogP contribution in [-0.2, 0) is 13.5 Å². The van der Waals surface area contributed by atoms with E-state index in [9.17, 15) is 4.39 Å². The molecule has 20 heavy (non-hydrogen) atoms. The van der Waals surface area contributed by atoms with Crippen LogP contribution in [0.3, 0.4) is 0 Å². The number of nitrogens with zero attached hydrogens (tertiary/aromatic N) is 2. The fourth-order valence-electron chi connectivity index (χ4n) is 2.46. The third-order valence-corrected chi connectivity index (χ3v) is 3.36. The molecule has 1 unspecified atom stereocenters. The minimum atomic E-state index is -0.182. The molecule has 0 radical (unpaired) electrons. The lowest BCUT2D eigenvalue weighted by Crippen LogP contribution is -2.26. The molecule has 0 saturated heterocycles. The second kappa shape index (κ2) is 6.66. The Labute approximate surface area is 119 Å². The molecule has 0 aliphatic heterocycles. The Morgan fingerprint density at radius 1 is 1.35 bits per heavy atom. The minimum Gasteiger partial charge on any atom is -0.308 e. The Bertz CT molecular complexity index is 563. The number of hydrogen-bond acceptors (Lipinski definition) is 2. The lowest BCUT2D eigenvalue weighted by molar-refractivity contribution is 0.492. The highest BCUT2D eigenvalue weighted by Crippen LogP contribution is 2.19. The molecule has 0 aliphatic carbocycles. The summed E-state index contributed by atoms with van der Waals surface area (Å²) < 4.78 is 15.2. The van der Waals surface area contributed by atoms with Gasteiger partial charge >= 0.3 is 0 Å². The average Bonchev–Trinajstić information content (AvgIpc) is 2.73. The highest BCUT2D eigenvalue weighted by Gasteiger charge is 2.16. The highest BCUT2D eigenvalue weighted by atomic mass is 19.1. The molecule has 0 bridgehead atoms. The van der Waals surface area contributed by atoms with E-state index in [1.54, 1.807) is 12.1 Å². The quantitative estimate of drug-likeness (QED) is 0.877. The van der Waals surface area contributed by atoms with Gasteiger partial charge in [0.2, 0.25) is 0 Å². The van der Waals surface area contributed by atoms with Gasteiger partial charge in [-0.1, -0.05) is 19.1 Å². The van der Waals surface area contributed by atoms with Gasteiger partial charge in [-0.15, -0.1) is 0 Å². The van der Waals surface area contributed by atoms with E-state index in [0.717, 1.165) is 36.3 Å². The largest absolute Gasteiger partial charge is 0.308 e. The van der Waals surface area contributed by atoms with Gasteiger partial charge in [-0.3, -0.25) is 4.68 Å². The number of halogens is 1. The summed E-state index contributed by atoms with van der Waals surface area (Å²) in [5.74, 6) is -0.182. The van der Waals surface area contributed by atoms with Crippen LogP contribution in [0.25, 0.3) is 0 Å². The Morgan fingerprint density at radius 3 is 2.75 bits per heavy atom.